The second-order valence-electron chi connectivity index (χ2n) is 15.6. The molecule has 0 aliphatic heterocycles. The molecule has 0 aromatic heterocycles. The molecule has 0 rings (SSSR count). The maximum atomic E-state index is 12.7. The summed E-state index contributed by atoms with van der Waals surface area (Å²) in [5, 5.41) is 11.6. The fourth-order valence-corrected chi connectivity index (χ4v) is 5.96. The molecule has 0 amide bonds. The molecule has 2 unspecified atom stereocenters. The zero-order valence-corrected chi connectivity index (χ0v) is 36.3. The van der Waals surface area contributed by atoms with Gasteiger partial charge in [-0.3, -0.25) is 9.59 Å². The first-order valence-electron chi connectivity index (χ1n) is 22.0. The minimum absolute atomic E-state index is 0.0207. The van der Waals surface area contributed by atoms with Crippen LogP contribution in [-0.2, 0) is 28.6 Å². The first-order valence-corrected chi connectivity index (χ1v) is 22.0. The monoisotopic (exact) mass is 784 g/mol. The smallest absolute Gasteiger partial charge is 0.306 e. The third-order valence-corrected chi connectivity index (χ3v) is 9.36. The predicted octanol–water partition coefficient (Wildman–Crippen LogP) is 10.6. The second-order valence-corrected chi connectivity index (χ2v) is 15.6. The number of rotatable bonds is 38. The number of ether oxygens (including phenoxy) is 3. The third-order valence-electron chi connectivity index (χ3n) is 9.36. The van der Waals surface area contributed by atoms with E-state index in [4.69, 9.17) is 14.2 Å². The molecule has 0 aliphatic rings. The van der Waals surface area contributed by atoms with E-state index in [9.17, 15) is 19.5 Å². The average Bonchev–Trinajstić information content (AvgIpc) is 3.15. The SMILES string of the molecule is CC/C=C/C/C=C/C/C=C/C/C=C/C/C=C/C/C=C/CCCC(=O)OCC(COCCC(C(=O)[O-])[N+](C)(C)C)OC(=O)CCCCCCCCCCCCCC. The highest BCUT2D eigenvalue weighted by atomic mass is 16.6. The van der Waals surface area contributed by atoms with E-state index in [0.717, 1.165) is 64.2 Å². The standard InChI is InChI=1S/C48H81NO7/c1-6-8-10-12-14-16-18-20-21-22-23-24-25-26-27-29-30-32-34-36-38-46(50)55-43-44(42-54-41-40-45(48(52)53)49(3,4)5)56-47(51)39-37-35-33-31-28-19-17-15-13-11-9-7-2/h8,10,14,16,20-21,23-24,26-27,30,32,44-45H,6-7,9,11-13,15,17-19,22,25,28-29,31,33-43H2,1-5H3/b10-8+,16-14+,21-20+,24-23+,27-26+,32-30+. The molecule has 0 aromatic rings. The summed E-state index contributed by atoms with van der Waals surface area (Å²) in [6, 6.07) is -0.735. The first kappa shape index (κ1) is 52.8. The van der Waals surface area contributed by atoms with Gasteiger partial charge in [-0.2, -0.15) is 0 Å². The molecular formula is C48H81NO7. The number of carbonyl (C=O) groups excluding carboxylic acids is 3. The molecule has 0 spiro atoms. The van der Waals surface area contributed by atoms with E-state index in [1.54, 1.807) is 21.1 Å². The van der Waals surface area contributed by atoms with Gasteiger partial charge in [0.1, 0.15) is 12.6 Å². The molecule has 0 bridgehead atoms. The van der Waals surface area contributed by atoms with Crippen molar-refractivity contribution in [2.45, 2.75) is 174 Å². The lowest BCUT2D eigenvalue weighted by atomic mass is 10.0. The van der Waals surface area contributed by atoms with Crippen molar-refractivity contribution in [1.82, 2.24) is 0 Å². The molecule has 0 aromatic carbocycles. The minimum Gasteiger partial charge on any atom is -0.544 e. The van der Waals surface area contributed by atoms with E-state index in [-0.39, 0.29) is 49.1 Å². The maximum Gasteiger partial charge on any atom is 0.306 e. The lowest BCUT2D eigenvalue weighted by Crippen LogP contribution is -2.55. The van der Waals surface area contributed by atoms with E-state index >= 15 is 0 Å². The van der Waals surface area contributed by atoms with Gasteiger partial charge in [0.15, 0.2) is 6.10 Å². The van der Waals surface area contributed by atoms with Crippen LogP contribution in [0.15, 0.2) is 72.9 Å². The molecule has 0 radical (unpaired) electrons. The van der Waals surface area contributed by atoms with E-state index < -0.39 is 18.1 Å². The number of allylic oxidation sites excluding steroid dienone is 12. The van der Waals surface area contributed by atoms with Gasteiger partial charge in [-0.05, 0) is 57.8 Å². The number of likely N-dealkylation sites (N-methyl/N-ethyl adjacent to an activating group) is 1. The summed E-state index contributed by atoms with van der Waals surface area (Å²) < 4.78 is 17.1. The van der Waals surface area contributed by atoms with Crippen molar-refractivity contribution >= 4 is 17.9 Å². The van der Waals surface area contributed by atoms with E-state index in [1.807, 2.05) is 0 Å². The van der Waals surface area contributed by atoms with Crippen molar-refractivity contribution in [3.63, 3.8) is 0 Å². The molecule has 56 heavy (non-hydrogen) atoms. The van der Waals surface area contributed by atoms with Crippen molar-refractivity contribution in [2.24, 2.45) is 0 Å². The van der Waals surface area contributed by atoms with E-state index in [2.05, 4.69) is 86.8 Å². The fourth-order valence-electron chi connectivity index (χ4n) is 5.96. The highest BCUT2D eigenvalue weighted by Gasteiger charge is 2.25. The Balaban J connectivity index is 4.44. The van der Waals surface area contributed by atoms with Crippen LogP contribution in [0.3, 0.4) is 0 Å². The molecule has 0 saturated heterocycles. The van der Waals surface area contributed by atoms with Crippen LogP contribution in [0, 0.1) is 0 Å². The summed E-state index contributed by atoms with van der Waals surface area (Å²) in [5.41, 5.74) is 0. The van der Waals surface area contributed by atoms with Crippen LogP contribution in [0.5, 0.6) is 0 Å². The Bertz CT molecular complexity index is 1140. The van der Waals surface area contributed by atoms with Crippen LogP contribution < -0.4 is 5.11 Å². The molecule has 0 saturated carbocycles. The third kappa shape index (κ3) is 36.4. The second kappa shape index (κ2) is 38.6. The highest BCUT2D eigenvalue weighted by Crippen LogP contribution is 2.14. The summed E-state index contributed by atoms with van der Waals surface area (Å²) in [7, 11) is 5.38. The van der Waals surface area contributed by atoms with Gasteiger partial charge in [0.25, 0.3) is 0 Å². The van der Waals surface area contributed by atoms with Crippen LogP contribution >= 0.6 is 0 Å². The number of esters is 2. The Hall–Kier alpha value is -3.23. The molecule has 8 heteroatoms. The number of nitrogens with zero attached hydrogens (tertiary/aromatic N) is 1. The summed E-state index contributed by atoms with van der Waals surface area (Å²) in [6.45, 7) is 4.47. The highest BCUT2D eigenvalue weighted by molar-refractivity contribution is 5.70. The zero-order chi connectivity index (χ0) is 41.4. The summed E-state index contributed by atoms with van der Waals surface area (Å²) in [6.07, 6.45) is 47.9. The number of carboxylic acids is 1. The van der Waals surface area contributed by atoms with Crippen molar-refractivity contribution in [3.8, 4) is 0 Å². The molecule has 0 aliphatic carbocycles. The largest absolute Gasteiger partial charge is 0.544 e. The van der Waals surface area contributed by atoms with Gasteiger partial charge in [0, 0.05) is 19.3 Å². The normalized spacial score (nSPS) is 13.7. The van der Waals surface area contributed by atoms with Crippen LogP contribution in [0.1, 0.15) is 162 Å². The lowest BCUT2D eigenvalue weighted by molar-refractivity contribution is -0.889. The van der Waals surface area contributed by atoms with Gasteiger partial charge in [0.2, 0.25) is 0 Å². The Morgan fingerprint density at radius 3 is 1.46 bits per heavy atom. The van der Waals surface area contributed by atoms with Crippen molar-refractivity contribution < 1.29 is 38.2 Å². The molecule has 0 heterocycles. The van der Waals surface area contributed by atoms with Gasteiger partial charge in [0.05, 0.1) is 40.3 Å². The van der Waals surface area contributed by atoms with Crippen LogP contribution in [-0.4, -0.2) is 75.5 Å². The summed E-state index contributed by atoms with van der Waals surface area (Å²) in [5.74, 6) is -1.82. The number of aliphatic carboxylic acids is 1. The maximum absolute atomic E-state index is 12.7. The Kier molecular flexibility index (Phi) is 36.4. The minimum atomic E-state index is -1.13. The Labute approximate surface area is 342 Å². The van der Waals surface area contributed by atoms with Crippen LogP contribution in [0.25, 0.3) is 0 Å². The molecule has 8 nitrogen and oxygen atoms in total. The summed E-state index contributed by atoms with van der Waals surface area (Å²) >= 11 is 0. The van der Waals surface area contributed by atoms with Gasteiger partial charge in [-0.15, -0.1) is 0 Å². The number of quaternary nitrogens is 1. The van der Waals surface area contributed by atoms with Gasteiger partial charge < -0.3 is 28.6 Å². The van der Waals surface area contributed by atoms with Crippen molar-refractivity contribution in [1.29, 1.82) is 0 Å². The number of hydrogen-bond acceptors (Lipinski definition) is 7. The van der Waals surface area contributed by atoms with Crippen LogP contribution in [0.2, 0.25) is 0 Å². The lowest BCUT2D eigenvalue weighted by Gasteiger charge is -2.34. The van der Waals surface area contributed by atoms with E-state index in [0.29, 0.717) is 12.8 Å². The number of hydrogen-bond donors (Lipinski definition) is 0. The number of carbonyl (C=O) groups is 3. The Morgan fingerprint density at radius 2 is 1.00 bits per heavy atom. The first-order chi connectivity index (χ1) is 27.1. The van der Waals surface area contributed by atoms with Crippen molar-refractivity contribution in [3.05, 3.63) is 72.9 Å². The zero-order valence-electron chi connectivity index (χ0n) is 36.3. The molecule has 320 valence electrons. The molecular weight excluding hydrogens is 703 g/mol. The number of unbranched alkanes of at least 4 members (excludes halogenated alkanes) is 12. The fraction of sp³-hybridized carbons (Fsp3) is 0.688. The average molecular weight is 784 g/mol. The molecule has 0 N–H and O–H groups in total. The molecule has 0 fully saturated rings. The van der Waals surface area contributed by atoms with Crippen molar-refractivity contribution in [2.75, 3.05) is 41.0 Å². The quantitative estimate of drug-likeness (QED) is 0.0266. The van der Waals surface area contributed by atoms with Crippen LogP contribution in [0.4, 0.5) is 0 Å². The van der Waals surface area contributed by atoms with E-state index in [1.165, 1.54) is 57.8 Å². The topological polar surface area (TPSA) is 102 Å². The number of carboxylic acid groups (broad SMARTS) is 1. The van der Waals surface area contributed by atoms with Gasteiger partial charge >= 0.3 is 11.9 Å². The predicted molar refractivity (Wildman–Crippen MR) is 231 cm³/mol. The summed E-state index contributed by atoms with van der Waals surface area (Å²) in [4.78, 5) is 36.8. The van der Waals surface area contributed by atoms with Gasteiger partial charge in [-0.1, -0.05) is 157 Å². The molecule has 2 atom stereocenters. The Morgan fingerprint density at radius 1 is 0.554 bits per heavy atom. The van der Waals surface area contributed by atoms with Gasteiger partial charge in [-0.25, -0.2) is 0 Å².